The monoisotopic (exact) mass is 268 g/mol. The standard InChI is InChI=1S/C16H32N2O/c1-13-9-7-8-10-14(13)18(6)15(19)11-17(5)12-16(2,3)4/h13-14H,7-12H2,1-6H3. The van der Waals surface area contributed by atoms with E-state index < -0.39 is 0 Å². The zero-order chi connectivity index (χ0) is 14.6. The molecular formula is C16H32N2O. The van der Waals surface area contributed by atoms with Gasteiger partial charge >= 0.3 is 0 Å². The lowest BCUT2D eigenvalue weighted by atomic mass is 9.85. The predicted octanol–water partition coefficient (Wildman–Crippen LogP) is 3.00. The summed E-state index contributed by atoms with van der Waals surface area (Å²) in [4.78, 5) is 16.5. The molecule has 2 atom stereocenters. The second-order valence-electron chi connectivity index (χ2n) is 7.57. The molecule has 0 aromatic carbocycles. The lowest BCUT2D eigenvalue weighted by molar-refractivity contribution is -0.134. The zero-order valence-corrected chi connectivity index (χ0v) is 13.7. The molecule has 0 radical (unpaired) electrons. The van der Waals surface area contributed by atoms with Crippen LogP contribution in [0.1, 0.15) is 53.4 Å². The minimum Gasteiger partial charge on any atom is -0.341 e. The number of hydrogen-bond donors (Lipinski definition) is 0. The molecule has 3 heteroatoms. The SMILES string of the molecule is CC1CCCCC1N(C)C(=O)CN(C)CC(C)(C)C. The van der Waals surface area contributed by atoms with Gasteiger partial charge in [-0.1, -0.05) is 40.5 Å². The molecule has 0 N–H and O–H groups in total. The van der Waals surface area contributed by atoms with Gasteiger partial charge in [-0.15, -0.1) is 0 Å². The fourth-order valence-corrected chi connectivity index (χ4v) is 3.27. The predicted molar refractivity (Wildman–Crippen MR) is 81.1 cm³/mol. The third-order valence-electron chi connectivity index (χ3n) is 4.11. The molecule has 1 fully saturated rings. The number of amides is 1. The number of carbonyl (C=O) groups excluding carboxylic acids is 1. The van der Waals surface area contributed by atoms with Gasteiger partial charge < -0.3 is 4.90 Å². The first-order valence-corrected chi connectivity index (χ1v) is 7.65. The molecule has 3 nitrogen and oxygen atoms in total. The van der Waals surface area contributed by atoms with E-state index in [2.05, 4.69) is 32.6 Å². The Hall–Kier alpha value is -0.570. The summed E-state index contributed by atoms with van der Waals surface area (Å²) in [6.45, 7) is 10.4. The van der Waals surface area contributed by atoms with E-state index in [1.807, 2.05) is 19.0 Å². The Bertz CT molecular complexity index is 296. The summed E-state index contributed by atoms with van der Waals surface area (Å²) in [6.07, 6.45) is 5.03. The highest BCUT2D eigenvalue weighted by atomic mass is 16.2. The average Bonchev–Trinajstić information content (AvgIpc) is 2.26. The Kier molecular flexibility index (Phi) is 5.84. The van der Waals surface area contributed by atoms with Crippen LogP contribution in [0.3, 0.4) is 0 Å². The largest absolute Gasteiger partial charge is 0.341 e. The van der Waals surface area contributed by atoms with Crippen LogP contribution in [0, 0.1) is 11.3 Å². The van der Waals surface area contributed by atoms with Gasteiger partial charge in [0.25, 0.3) is 0 Å². The van der Waals surface area contributed by atoms with Gasteiger partial charge in [0.05, 0.1) is 6.54 Å². The number of likely N-dealkylation sites (N-methyl/N-ethyl adjacent to an activating group) is 2. The molecule has 1 rings (SSSR count). The van der Waals surface area contributed by atoms with Gasteiger partial charge in [-0.3, -0.25) is 9.69 Å². The van der Waals surface area contributed by atoms with E-state index in [0.29, 0.717) is 18.5 Å². The normalized spacial score (nSPS) is 24.6. The van der Waals surface area contributed by atoms with E-state index in [1.54, 1.807) is 0 Å². The van der Waals surface area contributed by atoms with Gasteiger partial charge in [-0.25, -0.2) is 0 Å². The van der Waals surface area contributed by atoms with Crippen LogP contribution in [-0.4, -0.2) is 48.9 Å². The molecular weight excluding hydrogens is 236 g/mol. The van der Waals surface area contributed by atoms with Crippen LogP contribution in [-0.2, 0) is 4.79 Å². The summed E-state index contributed by atoms with van der Waals surface area (Å²) in [5.74, 6) is 0.918. The Labute approximate surface area is 119 Å². The van der Waals surface area contributed by atoms with Gasteiger partial charge in [-0.2, -0.15) is 0 Å². The number of nitrogens with zero attached hydrogens (tertiary/aromatic N) is 2. The van der Waals surface area contributed by atoms with Crippen molar-refractivity contribution in [2.75, 3.05) is 27.2 Å². The van der Waals surface area contributed by atoms with Crippen molar-refractivity contribution < 1.29 is 4.79 Å². The van der Waals surface area contributed by atoms with Crippen LogP contribution in [0.25, 0.3) is 0 Å². The Morgan fingerprint density at radius 2 is 1.74 bits per heavy atom. The van der Waals surface area contributed by atoms with Crippen molar-refractivity contribution in [3.8, 4) is 0 Å². The van der Waals surface area contributed by atoms with Crippen molar-refractivity contribution in [3.63, 3.8) is 0 Å². The molecule has 1 aliphatic rings. The van der Waals surface area contributed by atoms with Gasteiger partial charge in [0, 0.05) is 19.6 Å². The molecule has 1 amide bonds. The Morgan fingerprint density at radius 3 is 2.26 bits per heavy atom. The van der Waals surface area contributed by atoms with E-state index in [0.717, 1.165) is 6.54 Å². The third-order valence-corrected chi connectivity index (χ3v) is 4.11. The highest BCUT2D eigenvalue weighted by Crippen LogP contribution is 2.27. The highest BCUT2D eigenvalue weighted by Gasteiger charge is 2.28. The lowest BCUT2D eigenvalue weighted by Crippen LogP contribution is -2.47. The Balaban J connectivity index is 2.48. The van der Waals surface area contributed by atoms with E-state index in [-0.39, 0.29) is 11.3 Å². The van der Waals surface area contributed by atoms with Crippen molar-refractivity contribution >= 4 is 5.91 Å². The van der Waals surface area contributed by atoms with Gasteiger partial charge in [0.2, 0.25) is 5.91 Å². The molecule has 1 aliphatic carbocycles. The topological polar surface area (TPSA) is 23.6 Å². The molecule has 112 valence electrons. The third kappa shape index (κ3) is 5.52. The molecule has 2 unspecified atom stereocenters. The van der Waals surface area contributed by atoms with Crippen LogP contribution < -0.4 is 0 Å². The maximum absolute atomic E-state index is 12.4. The summed E-state index contributed by atoms with van der Waals surface area (Å²) in [5.41, 5.74) is 0.242. The Morgan fingerprint density at radius 1 is 1.16 bits per heavy atom. The summed E-state index contributed by atoms with van der Waals surface area (Å²) in [5, 5.41) is 0. The zero-order valence-electron chi connectivity index (χ0n) is 13.7. The van der Waals surface area contributed by atoms with Crippen LogP contribution in [0.4, 0.5) is 0 Å². The van der Waals surface area contributed by atoms with E-state index in [1.165, 1.54) is 25.7 Å². The molecule has 0 bridgehead atoms. The number of rotatable bonds is 4. The first-order chi connectivity index (χ1) is 8.70. The second-order valence-corrected chi connectivity index (χ2v) is 7.57. The maximum Gasteiger partial charge on any atom is 0.236 e. The highest BCUT2D eigenvalue weighted by molar-refractivity contribution is 5.78. The van der Waals surface area contributed by atoms with Crippen molar-refractivity contribution in [2.45, 2.75) is 59.4 Å². The van der Waals surface area contributed by atoms with Crippen LogP contribution >= 0.6 is 0 Å². The summed E-state index contributed by atoms with van der Waals surface area (Å²) in [7, 11) is 4.03. The quantitative estimate of drug-likeness (QED) is 0.782. The number of carbonyl (C=O) groups is 1. The van der Waals surface area contributed by atoms with Crippen molar-refractivity contribution in [2.24, 2.45) is 11.3 Å². The average molecular weight is 268 g/mol. The van der Waals surface area contributed by atoms with Crippen molar-refractivity contribution in [1.82, 2.24) is 9.80 Å². The van der Waals surface area contributed by atoms with E-state index >= 15 is 0 Å². The molecule has 19 heavy (non-hydrogen) atoms. The van der Waals surface area contributed by atoms with E-state index in [9.17, 15) is 4.79 Å². The molecule has 0 aliphatic heterocycles. The number of hydrogen-bond acceptors (Lipinski definition) is 2. The fourth-order valence-electron chi connectivity index (χ4n) is 3.27. The summed E-state index contributed by atoms with van der Waals surface area (Å²) < 4.78 is 0. The smallest absolute Gasteiger partial charge is 0.236 e. The fraction of sp³-hybridized carbons (Fsp3) is 0.938. The first-order valence-electron chi connectivity index (χ1n) is 7.65. The van der Waals surface area contributed by atoms with Crippen molar-refractivity contribution in [1.29, 1.82) is 0 Å². The van der Waals surface area contributed by atoms with Crippen LogP contribution in [0.15, 0.2) is 0 Å². The molecule has 1 saturated carbocycles. The first kappa shape index (κ1) is 16.5. The van der Waals surface area contributed by atoms with E-state index in [4.69, 9.17) is 0 Å². The summed E-state index contributed by atoms with van der Waals surface area (Å²) in [6, 6.07) is 0.448. The van der Waals surface area contributed by atoms with Crippen LogP contribution in [0.5, 0.6) is 0 Å². The summed E-state index contributed by atoms with van der Waals surface area (Å²) >= 11 is 0. The lowest BCUT2D eigenvalue weighted by Gasteiger charge is -2.37. The molecule has 0 heterocycles. The molecule has 0 aromatic heterocycles. The van der Waals surface area contributed by atoms with Gasteiger partial charge in [-0.05, 0) is 31.2 Å². The minimum absolute atomic E-state index is 0.242. The van der Waals surface area contributed by atoms with Crippen molar-refractivity contribution in [3.05, 3.63) is 0 Å². The molecule has 0 aromatic rings. The maximum atomic E-state index is 12.4. The van der Waals surface area contributed by atoms with Gasteiger partial charge in [0.1, 0.15) is 0 Å². The molecule has 0 saturated heterocycles. The van der Waals surface area contributed by atoms with Gasteiger partial charge in [0.15, 0.2) is 0 Å². The second kappa shape index (κ2) is 6.74. The minimum atomic E-state index is 0.242. The van der Waals surface area contributed by atoms with Crippen LogP contribution in [0.2, 0.25) is 0 Å². The molecule has 0 spiro atoms.